The van der Waals surface area contributed by atoms with Gasteiger partial charge in [0.1, 0.15) is 6.61 Å². The molecule has 1 aliphatic carbocycles. The molecule has 0 aromatic heterocycles. The molecule has 0 saturated carbocycles. The summed E-state index contributed by atoms with van der Waals surface area (Å²) >= 11 is 0. The minimum atomic E-state index is -1.15. The number of carbonyl (C=O) groups is 2. The van der Waals surface area contributed by atoms with Gasteiger partial charge < -0.3 is 30.2 Å². The number of nitrogens with one attached hydrogen (secondary N) is 1. The van der Waals surface area contributed by atoms with Crippen LogP contribution in [0.3, 0.4) is 0 Å². The fourth-order valence-electron chi connectivity index (χ4n) is 5.18. The van der Waals surface area contributed by atoms with E-state index in [1.54, 1.807) is 18.2 Å². The molecule has 4 N–H and O–H groups in total. The van der Waals surface area contributed by atoms with Crippen molar-refractivity contribution >= 4 is 30.9 Å². The lowest BCUT2D eigenvalue weighted by Crippen LogP contribution is -2.41. The van der Waals surface area contributed by atoms with E-state index in [1.807, 2.05) is 52.0 Å². The van der Waals surface area contributed by atoms with Gasteiger partial charge in [-0.25, -0.2) is 9.59 Å². The summed E-state index contributed by atoms with van der Waals surface area (Å²) in [6, 6.07) is 21.1. The van der Waals surface area contributed by atoms with Crippen molar-refractivity contribution in [1.29, 1.82) is 0 Å². The molecule has 0 unspecified atom stereocenters. The highest BCUT2D eigenvalue weighted by Crippen LogP contribution is 2.44. The molecule has 0 spiro atoms. The van der Waals surface area contributed by atoms with E-state index in [1.165, 1.54) is 6.07 Å². The second-order valence-corrected chi connectivity index (χ2v) is 11.1. The van der Waals surface area contributed by atoms with Crippen molar-refractivity contribution in [1.82, 2.24) is 5.32 Å². The topological polar surface area (TPSA) is 120 Å². The van der Waals surface area contributed by atoms with Gasteiger partial charge in [-0.05, 0) is 67.1 Å². The second kappa shape index (κ2) is 10.5. The molecule has 1 heterocycles. The number of nitrogens with two attached hydrogens (primary N) is 1. The Bertz CT molecular complexity index is 1440. The molecule has 1 saturated heterocycles. The van der Waals surface area contributed by atoms with Gasteiger partial charge in [0.2, 0.25) is 0 Å². The number of carbonyl (C=O) groups excluding carboxylic acids is 1. The lowest BCUT2D eigenvalue weighted by atomic mass is 9.76. The minimum Gasteiger partial charge on any atom is -0.478 e. The summed E-state index contributed by atoms with van der Waals surface area (Å²) in [5.74, 6) is -1.22. The molecule has 8 nitrogen and oxygen atoms in total. The maximum atomic E-state index is 12.9. The molecule has 1 amide bonds. The van der Waals surface area contributed by atoms with Crippen LogP contribution in [-0.4, -0.2) is 48.6 Å². The van der Waals surface area contributed by atoms with Crippen molar-refractivity contribution in [2.75, 3.05) is 18.9 Å². The molecule has 1 fully saturated rings. The van der Waals surface area contributed by atoms with E-state index in [2.05, 4.69) is 29.6 Å². The Morgan fingerprint density at radius 3 is 2.10 bits per heavy atom. The van der Waals surface area contributed by atoms with Gasteiger partial charge in [-0.15, -0.1) is 0 Å². The summed E-state index contributed by atoms with van der Waals surface area (Å²) in [7, 11) is -0.818. The van der Waals surface area contributed by atoms with Crippen molar-refractivity contribution in [2.45, 2.75) is 44.8 Å². The number of nitrogen functional groups attached to an aromatic ring is 1. The van der Waals surface area contributed by atoms with Crippen LogP contribution in [0.1, 0.15) is 60.7 Å². The Morgan fingerprint density at radius 2 is 1.52 bits per heavy atom. The molecule has 9 heteroatoms. The van der Waals surface area contributed by atoms with Crippen molar-refractivity contribution < 1.29 is 28.7 Å². The molecule has 0 bridgehead atoms. The van der Waals surface area contributed by atoms with Crippen LogP contribution in [0.2, 0.25) is 0 Å². The van der Waals surface area contributed by atoms with Crippen molar-refractivity contribution in [2.24, 2.45) is 0 Å². The van der Waals surface area contributed by atoms with Crippen molar-refractivity contribution in [3.8, 4) is 11.1 Å². The van der Waals surface area contributed by atoms with Crippen LogP contribution in [-0.2, 0) is 14.0 Å². The van der Waals surface area contributed by atoms with E-state index in [0.29, 0.717) is 11.0 Å². The van der Waals surface area contributed by atoms with E-state index in [9.17, 15) is 14.7 Å². The number of rotatable bonds is 7. The number of benzene rings is 3. The molecule has 1 aliphatic heterocycles. The SMILES string of the molecule is CC1(C)OB(C(=Cc2cccc(N)c2C(=O)O)CNC(=O)OCC2c3ccccc3-c3ccccc32)OC1(C)C. The number of aromatic carboxylic acids is 1. The van der Waals surface area contributed by atoms with E-state index in [-0.39, 0.29) is 30.3 Å². The summed E-state index contributed by atoms with van der Waals surface area (Å²) in [6.07, 6.45) is 1.04. The zero-order valence-corrected chi connectivity index (χ0v) is 23.1. The van der Waals surface area contributed by atoms with Gasteiger partial charge in [0, 0.05) is 18.2 Å². The number of amides is 1. The predicted octanol–water partition coefficient (Wildman–Crippen LogP) is 5.52. The number of carboxylic acids is 1. The predicted molar refractivity (Wildman–Crippen MR) is 155 cm³/mol. The van der Waals surface area contributed by atoms with Crippen LogP contribution in [0.5, 0.6) is 0 Å². The number of hydrogen-bond donors (Lipinski definition) is 3. The highest BCUT2D eigenvalue weighted by molar-refractivity contribution is 6.56. The molecule has 0 radical (unpaired) electrons. The minimum absolute atomic E-state index is 0.0152. The Morgan fingerprint density at radius 1 is 0.950 bits per heavy atom. The molecule has 3 aromatic rings. The number of fused-ring (bicyclic) bond motifs is 3. The lowest BCUT2D eigenvalue weighted by Gasteiger charge is -2.32. The molecule has 0 atom stereocenters. The van der Waals surface area contributed by atoms with Crippen LogP contribution in [0, 0.1) is 0 Å². The first-order valence-electron chi connectivity index (χ1n) is 13.3. The van der Waals surface area contributed by atoms with Gasteiger partial charge in [0.15, 0.2) is 0 Å². The Balaban J connectivity index is 1.35. The first kappa shape index (κ1) is 27.5. The lowest BCUT2D eigenvalue weighted by molar-refractivity contribution is 0.00578. The van der Waals surface area contributed by atoms with Crippen LogP contribution < -0.4 is 11.1 Å². The molecule has 3 aromatic carbocycles. The largest absolute Gasteiger partial charge is 0.492 e. The summed E-state index contributed by atoms with van der Waals surface area (Å²) in [6.45, 7) is 7.88. The van der Waals surface area contributed by atoms with E-state index >= 15 is 0 Å². The first-order chi connectivity index (χ1) is 19.0. The molecular formula is C31H33BN2O6. The van der Waals surface area contributed by atoms with Gasteiger partial charge >= 0.3 is 19.2 Å². The highest BCUT2D eigenvalue weighted by atomic mass is 16.7. The fourth-order valence-corrected chi connectivity index (χ4v) is 5.18. The molecule has 5 rings (SSSR count). The number of alkyl carbamates (subject to hydrolysis) is 1. The zero-order valence-electron chi connectivity index (χ0n) is 23.1. The fraction of sp³-hybridized carbons (Fsp3) is 0.290. The summed E-state index contributed by atoms with van der Waals surface area (Å²) < 4.78 is 18.1. The van der Waals surface area contributed by atoms with Gasteiger partial charge in [-0.1, -0.05) is 66.7 Å². The Labute approximate surface area is 234 Å². The average molecular weight is 540 g/mol. The van der Waals surface area contributed by atoms with Gasteiger partial charge in [0.25, 0.3) is 0 Å². The van der Waals surface area contributed by atoms with Gasteiger partial charge in [-0.2, -0.15) is 0 Å². The monoisotopic (exact) mass is 540 g/mol. The van der Waals surface area contributed by atoms with Crippen LogP contribution >= 0.6 is 0 Å². The van der Waals surface area contributed by atoms with Crippen LogP contribution in [0.25, 0.3) is 17.2 Å². The Kier molecular flexibility index (Phi) is 7.20. The number of anilines is 1. The van der Waals surface area contributed by atoms with Crippen molar-refractivity contribution in [3.05, 3.63) is 94.5 Å². The first-order valence-corrected chi connectivity index (χ1v) is 13.3. The molecular weight excluding hydrogens is 507 g/mol. The smallest absolute Gasteiger partial charge is 0.478 e. The third-order valence-corrected chi connectivity index (χ3v) is 8.02. The highest BCUT2D eigenvalue weighted by Gasteiger charge is 2.52. The molecule has 2 aliphatic rings. The quantitative estimate of drug-likeness (QED) is 0.267. The number of ether oxygens (including phenoxy) is 1. The summed E-state index contributed by atoms with van der Waals surface area (Å²) in [5, 5.41) is 12.6. The van der Waals surface area contributed by atoms with E-state index in [4.69, 9.17) is 19.8 Å². The average Bonchev–Trinajstić information content (AvgIpc) is 3.34. The third-order valence-electron chi connectivity index (χ3n) is 8.02. The second-order valence-electron chi connectivity index (χ2n) is 11.1. The van der Waals surface area contributed by atoms with E-state index < -0.39 is 30.4 Å². The summed E-state index contributed by atoms with van der Waals surface area (Å²) in [4.78, 5) is 24.9. The summed E-state index contributed by atoms with van der Waals surface area (Å²) in [5.41, 5.74) is 10.3. The zero-order chi connectivity index (χ0) is 28.7. The normalized spacial score (nSPS) is 17.3. The maximum Gasteiger partial charge on any atom is 0.492 e. The van der Waals surface area contributed by atoms with Crippen LogP contribution in [0.4, 0.5) is 10.5 Å². The molecule has 206 valence electrons. The third kappa shape index (κ3) is 5.10. The van der Waals surface area contributed by atoms with E-state index in [0.717, 1.165) is 22.3 Å². The maximum absolute atomic E-state index is 12.9. The van der Waals surface area contributed by atoms with Gasteiger partial charge in [0.05, 0.1) is 16.8 Å². The number of hydrogen-bond acceptors (Lipinski definition) is 6. The van der Waals surface area contributed by atoms with Crippen LogP contribution in [0.15, 0.2) is 72.2 Å². The Hall–Kier alpha value is -4.08. The van der Waals surface area contributed by atoms with Crippen molar-refractivity contribution in [3.63, 3.8) is 0 Å². The standard InChI is InChI=1S/C31H33BN2O6/c1-30(2)31(3,4)40-32(39-30)20(16-19-10-9-15-26(33)27(19)28(35)36)17-34-29(37)38-18-25-23-13-7-5-11-21(23)22-12-6-8-14-24(22)25/h5-16,25H,17-18,33H2,1-4H3,(H,34,37)(H,35,36). The number of carboxylic acid groups (broad SMARTS) is 1. The molecule has 40 heavy (non-hydrogen) atoms. The van der Waals surface area contributed by atoms with Gasteiger partial charge in [-0.3, -0.25) is 0 Å².